The molecule has 0 aliphatic carbocycles. The third-order valence-electron chi connectivity index (χ3n) is 3.43. The highest BCUT2D eigenvalue weighted by Crippen LogP contribution is 2.29. The molecule has 1 aromatic carbocycles. The van der Waals surface area contributed by atoms with E-state index in [4.69, 9.17) is 9.47 Å². The van der Waals surface area contributed by atoms with Crippen LogP contribution in [0.25, 0.3) is 0 Å². The van der Waals surface area contributed by atoms with Crippen LogP contribution in [0.4, 0.5) is 5.69 Å². The first-order valence-electron chi connectivity index (χ1n) is 6.08. The van der Waals surface area contributed by atoms with Crippen molar-refractivity contribution in [3.63, 3.8) is 0 Å². The van der Waals surface area contributed by atoms with Gasteiger partial charge in [-0.15, -0.1) is 0 Å². The summed E-state index contributed by atoms with van der Waals surface area (Å²) in [6.07, 6.45) is 1.83. The minimum Gasteiger partial charge on any atom is -0.497 e. The van der Waals surface area contributed by atoms with Gasteiger partial charge >= 0.3 is 0 Å². The average Bonchev–Trinajstić information content (AvgIpc) is 2.88. The highest BCUT2D eigenvalue weighted by molar-refractivity contribution is 5.62. The average molecular weight is 249 g/mol. The number of benzene rings is 1. The van der Waals surface area contributed by atoms with E-state index in [0.717, 1.165) is 24.1 Å². The molecule has 4 nitrogen and oxygen atoms in total. The van der Waals surface area contributed by atoms with Gasteiger partial charge in [0.15, 0.2) is 0 Å². The lowest BCUT2D eigenvalue weighted by molar-refractivity contribution is -0.115. The zero-order chi connectivity index (χ0) is 13.0. The Hall–Kier alpha value is -1.55. The third kappa shape index (κ3) is 2.64. The first-order chi connectivity index (χ1) is 8.69. The van der Waals surface area contributed by atoms with Crippen molar-refractivity contribution in [3.8, 4) is 5.75 Å². The first-order valence-corrected chi connectivity index (χ1v) is 6.08. The van der Waals surface area contributed by atoms with Gasteiger partial charge in [0.25, 0.3) is 0 Å². The number of aldehydes is 1. The van der Waals surface area contributed by atoms with Gasteiger partial charge in [0.1, 0.15) is 12.0 Å². The zero-order valence-corrected chi connectivity index (χ0v) is 10.9. The molecule has 4 heteroatoms. The minimum atomic E-state index is -0.363. The molecule has 1 heterocycles. The van der Waals surface area contributed by atoms with Gasteiger partial charge in [0.2, 0.25) is 0 Å². The first kappa shape index (κ1) is 12.9. The molecular formula is C14H19NO3. The number of hydrogen-bond acceptors (Lipinski definition) is 4. The van der Waals surface area contributed by atoms with Crippen molar-refractivity contribution in [1.29, 1.82) is 0 Å². The molecule has 1 aliphatic heterocycles. The molecule has 2 rings (SSSR count). The van der Waals surface area contributed by atoms with Crippen molar-refractivity contribution in [2.45, 2.75) is 6.42 Å². The minimum absolute atomic E-state index is 0.363. The Morgan fingerprint density at radius 3 is 3.00 bits per heavy atom. The highest BCUT2D eigenvalue weighted by atomic mass is 16.5. The van der Waals surface area contributed by atoms with Crippen molar-refractivity contribution >= 4 is 12.0 Å². The molecule has 1 saturated heterocycles. The van der Waals surface area contributed by atoms with E-state index in [1.807, 2.05) is 31.3 Å². The molecule has 0 N–H and O–H groups in total. The molecule has 1 fully saturated rings. The lowest BCUT2D eigenvalue weighted by Gasteiger charge is -2.29. The third-order valence-corrected chi connectivity index (χ3v) is 3.43. The Kier molecular flexibility index (Phi) is 3.87. The van der Waals surface area contributed by atoms with Crippen molar-refractivity contribution in [3.05, 3.63) is 24.3 Å². The van der Waals surface area contributed by atoms with Crippen LogP contribution in [0.3, 0.4) is 0 Å². The molecule has 0 radical (unpaired) electrons. The molecule has 0 aromatic heterocycles. The lowest BCUT2D eigenvalue weighted by Crippen LogP contribution is -2.37. The molecule has 98 valence electrons. The summed E-state index contributed by atoms with van der Waals surface area (Å²) in [5.74, 6) is 0.821. The summed E-state index contributed by atoms with van der Waals surface area (Å²) in [4.78, 5) is 13.4. The zero-order valence-electron chi connectivity index (χ0n) is 10.9. The van der Waals surface area contributed by atoms with Gasteiger partial charge in [0.05, 0.1) is 19.1 Å². The number of ether oxygens (including phenoxy) is 2. The maximum Gasteiger partial charge on any atom is 0.130 e. The Balaban J connectivity index is 2.10. The van der Waals surface area contributed by atoms with Crippen LogP contribution in [0.5, 0.6) is 5.75 Å². The molecule has 0 saturated carbocycles. The summed E-state index contributed by atoms with van der Waals surface area (Å²) in [6.45, 7) is 1.86. The molecule has 0 bridgehead atoms. The van der Waals surface area contributed by atoms with Gasteiger partial charge in [-0.1, -0.05) is 6.07 Å². The SMILES string of the molecule is COc1cccc(N(C)CC2(C=O)CCOC2)c1. The number of anilines is 1. The van der Waals surface area contributed by atoms with E-state index in [2.05, 4.69) is 4.90 Å². The number of hydrogen-bond donors (Lipinski definition) is 0. The van der Waals surface area contributed by atoms with E-state index in [9.17, 15) is 4.79 Å². The summed E-state index contributed by atoms with van der Waals surface area (Å²) in [5, 5.41) is 0. The Morgan fingerprint density at radius 1 is 1.56 bits per heavy atom. The fourth-order valence-electron chi connectivity index (χ4n) is 2.29. The van der Waals surface area contributed by atoms with Gasteiger partial charge < -0.3 is 19.2 Å². The summed E-state index contributed by atoms with van der Waals surface area (Å²) in [6, 6.07) is 7.83. The smallest absolute Gasteiger partial charge is 0.130 e. The predicted molar refractivity (Wildman–Crippen MR) is 70.2 cm³/mol. The highest BCUT2D eigenvalue weighted by Gasteiger charge is 2.36. The Morgan fingerprint density at radius 2 is 2.39 bits per heavy atom. The van der Waals surface area contributed by atoms with E-state index in [1.165, 1.54) is 0 Å². The largest absolute Gasteiger partial charge is 0.497 e. The Labute approximate surface area is 107 Å². The summed E-state index contributed by atoms with van der Waals surface area (Å²) in [5.41, 5.74) is 0.681. The van der Waals surface area contributed by atoms with Crippen LogP contribution in [0.2, 0.25) is 0 Å². The topological polar surface area (TPSA) is 38.8 Å². The Bertz CT molecular complexity index is 413. The van der Waals surface area contributed by atoms with Crippen LogP contribution in [0.1, 0.15) is 6.42 Å². The number of methoxy groups -OCH3 is 1. The predicted octanol–water partition coefficient (Wildman–Crippen LogP) is 1.74. The fraction of sp³-hybridized carbons (Fsp3) is 0.500. The second-order valence-corrected chi connectivity index (χ2v) is 4.84. The summed E-state index contributed by atoms with van der Waals surface area (Å²) in [7, 11) is 3.63. The number of carbonyl (C=O) groups is 1. The molecule has 1 aromatic rings. The molecular weight excluding hydrogens is 230 g/mol. The molecule has 1 atom stereocenters. The van der Waals surface area contributed by atoms with Gasteiger partial charge in [-0.25, -0.2) is 0 Å². The molecule has 1 unspecified atom stereocenters. The van der Waals surface area contributed by atoms with Crippen LogP contribution >= 0.6 is 0 Å². The summed E-state index contributed by atoms with van der Waals surface area (Å²) >= 11 is 0. The van der Waals surface area contributed by atoms with Crippen molar-refractivity contribution < 1.29 is 14.3 Å². The van der Waals surface area contributed by atoms with E-state index < -0.39 is 0 Å². The molecule has 0 amide bonds. The van der Waals surface area contributed by atoms with Gasteiger partial charge in [-0.3, -0.25) is 0 Å². The van der Waals surface area contributed by atoms with E-state index in [1.54, 1.807) is 7.11 Å². The quantitative estimate of drug-likeness (QED) is 0.745. The van der Waals surface area contributed by atoms with Crippen LogP contribution < -0.4 is 9.64 Å². The van der Waals surface area contributed by atoms with Crippen molar-refractivity contribution in [1.82, 2.24) is 0 Å². The number of nitrogens with zero attached hydrogens (tertiary/aromatic N) is 1. The van der Waals surface area contributed by atoms with Gasteiger partial charge in [-0.2, -0.15) is 0 Å². The normalized spacial score (nSPS) is 22.8. The molecule has 0 spiro atoms. The van der Waals surface area contributed by atoms with Crippen LogP contribution in [-0.2, 0) is 9.53 Å². The van der Waals surface area contributed by atoms with Crippen molar-refractivity contribution in [2.75, 3.05) is 38.8 Å². The summed E-state index contributed by atoms with van der Waals surface area (Å²) < 4.78 is 10.6. The van der Waals surface area contributed by atoms with Gasteiger partial charge in [0, 0.05) is 32.0 Å². The maximum atomic E-state index is 11.3. The van der Waals surface area contributed by atoms with Crippen LogP contribution in [0, 0.1) is 5.41 Å². The second-order valence-electron chi connectivity index (χ2n) is 4.84. The monoisotopic (exact) mass is 249 g/mol. The van der Waals surface area contributed by atoms with Gasteiger partial charge in [-0.05, 0) is 18.6 Å². The van der Waals surface area contributed by atoms with E-state index in [0.29, 0.717) is 19.8 Å². The van der Waals surface area contributed by atoms with Crippen LogP contribution in [-0.4, -0.2) is 40.2 Å². The lowest BCUT2D eigenvalue weighted by atomic mass is 9.88. The van der Waals surface area contributed by atoms with Crippen LogP contribution in [0.15, 0.2) is 24.3 Å². The molecule has 1 aliphatic rings. The van der Waals surface area contributed by atoms with Crippen molar-refractivity contribution in [2.24, 2.45) is 5.41 Å². The van der Waals surface area contributed by atoms with E-state index >= 15 is 0 Å². The number of rotatable bonds is 5. The maximum absolute atomic E-state index is 11.3. The fourth-order valence-corrected chi connectivity index (χ4v) is 2.29. The van der Waals surface area contributed by atoms with E-state index in [-0.39, 0.29) is 5.41 Å². The second kappa shape index (κ2) is 5.40. The molecule has 18 heavy (non-hydrogen) atoms. The standard InChI is InChI=1S/C14H19NO3/c1-15(9-14(10-16)6-7-18-11-14)12-4-3-5-13(8-12)17-2/h3-5,8,10H,6-7,9,11H2,1-2H3. The number of carbonyl (C=O) groups excluding carboxylic acids is 1.